The van der Waals surface area contributed by atoms with Crippen molar-refractivity contribution < 1.29 is 18.3 Å². The first-order valence-corrected chi connectivity index (χ1v) is 9.51. The van der Waals surface area contributed by atoms with Crippen molar-refractivity contribution in [1.29, 1.82) is 0 Å². The number of aryl methyl sites for hydroxylation is 2. The number of hydrogen-bond donors (Lipinski definition) is 2. The van der Waals surface area contributed by atoms with E-state index in [0.717, 1.165) is 11.6 Å². The minimum absolute atomic E-state index is 0.0781. The molecule has 0 spiro atoms. The number of aromatic carboxylic acids is 1. The Morgan fingerprint density at radius 3 is 2.56 bits per heavy atom. The number of hydrogen-bond acceptors (Lipinski definition) is 5. The molecule has 8 heteroatoms. The molecule has 2 aromatic carbocycles. The third-order valence-corrected chi connectivity index (χ3v) is 5.43. The Labute approximate surface area is 156 Å². The summed E-state index contributed by atoms with van der Waals surface area (Å²) < 4.78 is 28.0. The highest BCUT2D eigenvalue weighted by atomic mass is 32.2. The molecule has 1 heterocycles. The van der Waals surface area contributed by atoms with Crippen LogP contribution in [0, 0.1) is 13.8 Å². The largest absolute Gasteiger partial charge is 0.478 e. The van der Waals surface area contributed by atoms with Crippen molar-refractivity contribution in [2.45, 2.75) is 18.7 Å². The fraction of sp³-hybridized carbons (Fsp3) is 0.105. The van der Waals surface area contributed by atoms with Crippen molar-refractivity contribution in [3.63, 3.8) is 0 Å². The maximum atomic E-state index is 12.8. The molecule has 2 N–H and O–H groups in total. The number of benzene rings is 2. The number of rotatable bonds is 5. The molecule has 0 bridgehead atoms. The average Bonchev–Trinajstić information content (AvgIpc) is 2.61. The third-order valence-electron chi connectivity index (χ3n) is 3.91. The van der Waals surface area contributed by atoms with E-state index in [1.807, 2.05) is 6.07 Å². The van der Waals surface area contributed by atoms with E-state index in [0.29, 0.717) is 22.8 Å². The molecule has 0 saturated carbocycles. The van der Waals surface area contributed by atoms with Crippen molar-refractivity contribution in [3.05, 3.63) is 71.7 Å². The zero-order valence-corrected chi connectivity index (χ0v) is 15.5. The molecule has 0 unspecified atom stereocenters. The lowest BCUT2D eigenvalue weighted by Gasteiger charge is -2.12. The van der Waals surface area contributed by atoms with Gasteiger partial charge in [0.25, 0.3) is 10.0 Å². The number of nitrogens with one attached hydrogen (secondary N) is 1. The van der Waals surface area contributed by atoms with Gasteiger partial charge in [0.2, 0.25) is 0 Å². The van der Waals surface area contributed by atoms with Gasteiger partial charge in [0.15, 0.2) is 0 Å². The lowest BCUT2D eigenvalue weighted by Crippen LogP contribution is -2.15. The topological polar surface area (TPSA) is 109 Å². The number of nitrogens with zero attached hydrogens (tertiary/aromatic N) is 2. The van der Waals surface area contributed by atoms with Gasteiger partial charge in [-0.1, -0.05) is 18.2 Å². The Hall–Kier alpha value is -3.26. The summed E-state index contributed by atoms with van der Waals surface area (Å²) in [7, 11) is -3.95. The molecule has 7 nitrogen and oxygen atoms in total. The Morgan fingerprint density at radius 1 is 1.07 bits per heavy atom. The van der Waals surface area contributed by atoms with Gasteiger partial charge in [-0.3, -0.25) is 4.72 Å². The second-order valence-electron chi connectivity index (χ2n) is 5.96. The predicted molar refractivity (Wildman–Crippen MR) is 101 cm³/mol. The minimum atomic E-state index is -3.95. The van der Waals surface area contributed by atoms with E-state index < -0.39 is 16.0 Å². The first kappa shape index (κ1) is 18.5. The molecule has 0 aliphatic rings. The molecule has 0 radical (unpaired) electrons. The number of carboxylic acids is 1. The fourth-order valence-corrected chi connectivity index (χ4v) is 3.91. The highest BCUT2D eigenvalue weighted by Gasteiger charge is 2.19. The monoisotopic (exact) mass is 383 g/mol. The molecule has 0 saturated heterocycles. The summed E-state index contributed by atoms with van der Waals surface area (Å²) in [5.74, 6) is -0.577. The molecular weight excluding hydrogens is 366 g/mol. The van der Waals surface area contributed by atoms with Crippen molar-refractivity contribution in [2.24, 2.45) is 0 Å². The standard InChI is InChI=1S/C19H17N3O4S/c1-12-6-7-15(19(23)24)11-18(12)27(25,26)22-16-5-3-4-14(10-16)17-8-9-20-13(2)21-17/h3-11,22H,1-2H3,(H,23,24). The summed E-state index contributed by atoms with van der Waals surface area (Å²) in [6, 6.07) is 12.5. The number of anilines is 1. The maximum absolute atomic E-state index is 12.8. The predicted octanol–water partition coefficient (Wildman–Crippen LogP) is 3.26. The van der Waals surface area contributed by atoms with Crippen LogP contribution in [0.5, 0.6) is 0 Å². The van der Waals surface area contributed by atoms with Crippen LogP contribution in [-0.2, 0) is 10.0 Å². The minimum Gasteiger partial charge on any atom is -0.478 e. The zero-order chi connectivity index (χ0) is 19.6. The number of aromatic nitrogens is 2. The lowest BCUT2D eigenvalue weighted by atomic mass is 10.1. The van der Waals surface area contributed by atoms with Crippen molar-refractivity contribution in [1.82, 2.24) is 9.97 Å². The van der Waals surface area contributed by atoms with Gasteiger partial charge >= 0.3 is 5.97 Å². The van der Waals surface area contributed by atoms with Crippen LogP contribution >= 0.6 is 0 Å². The van der Waals surface area contributed by atoms with Crippen LogP contribution in [0.1, 0.15) is 21.7 Å². The maximum Gasteiger partial charge on any atom is 0.335 e. The molecule has 27 heavy (non-hydrogen) atoms. The SMILES string of the molecule is Cc1nccc(-c2cccc(NS(=O)(=O)c3cc(C(=O)O)ccc3C)c2)n1. The Bertz CT molecular complexity index is 1130. The van der Waals surface area contributed by atoms with Crippen LogP contribution in [0.25, 0.3) is 11.3 Å². The number of carbonyl (C=O) groups is 1. The van der Waals surface area contributed by atoms with Crippen LogP contribution in [0.2, 0.25) is 0 Å². The van der Waals surface area contributed by atoms with E-state index in [1.165, 1.54) is 12.1 Å². The van der Waals surface area contributed by atoms with E-state index in [2.05, 4.69) is 14.7 Å². The Morgan fingerprint density at radius 2 is 1.85 bits per heavy atom. The summed E-state index contributed by atoms with van der Waals surface area (Å²) in [5.41, 5.74) is 2.12. The number of carboxylic acid groups (broad SMARTS) is 1. The molecule has 0 fully saturated rings. The molecule has 3 aromatic rings. The van der Waals surface area contributed by atoms with Crippen molar-refractivity contribution >= 4 is 21.7 Å². The van der Waals surface area contributed by atoms with E-state index in [4.69, 9.17) is 5.11 Å². The fourth-order valence-electron chi connectivity index (χ4n) is 2.59. The highest BCUT2D eigenvalue weighted by Crippen LogP contribution is 2.24. The summed E-state index contributed by atoms with van der Waals surface area (Å²) in [6.07, 6.45) is 1.63. The molecule has 0 amide bonds. The van der Waals surface area contributed by atoms with Crippen LogP contribution < -0.4 is 4.72 Å². The van der Waals surface area contributed by atoms with Gasteiger partial charge in [-0.25, -0.2) is 23.2 Å². The van der Waals surface area contributed by atoms with Crippen LogP contribution in [0.4, 0.5) is 5.69 Å². The average molecular weight is 383 g/mol. The molecular formula is C19H17N3O4S. The normalized spacial score (nSPS) is 11.2. The van der Waals surface area contributed by atoms with E-state index >= 15 is 0 Å². The molecule has 0 atom stereocenters. The van der Waals surface area contributed by atoms with Gasteiger partial charge in [0, 0.05) is 17.4 Å². The van der Waals surface area contributed by atoms with Gasteiger partial charge in [-0.2, -0.15) is 0 Å². The quantitative estimate of drug-likeness (QED) is 0.700. The van der Waals surface area contributed by atoms with Gasteiger partial charge in [-0.05, 0) is 49.7 Å². The van der Waals surface area contributed by atoms with Crippen LogP contribution in [-0.4, -0.2) is 29.5 Å². The summed E-state index contributed by atoms with van der Waals surface area (Å²) in [5, 5.41) is 9.11. The molecule has 0 aliphatic heterocycles. The van der Waals surface area contributed by atoms with E-state index in [-0.39, 0.29) is 10.5 Å². The molecule has 3 rings (SSSR count). The van der Waals surface area contributed by atoms with Gasteiger partial charge < -0.3 is 5.11 Å². The zero-order valence-electron chi connectivity index (χ0n) is 14.7. The van der Waals surface area contributed by atoms with Crippen molar-refractivity contribution in [2.75, 3.05) is 4.72 Å². The van der Waals surface area contributed by atoms with Gasteiger partial charge in [0.05, 0.1) is 16.2 Å². The van der Waals surface area contributed by atoms with Crippen LogP contribution in [0.3, 0.4) is 0 Å². The summed E-state index contributed by atoms with van der Waals surface area (Å²) in [6.45, 7) is 3.38. The second kappa shape index (κ2) is 7.16. The van der Waals surface area contributed by atoms with E-state index in [1.54, 1.807) is 44.3 Å². The Kier molecular flexibility index (Phi) is 4.91. The third kappa shape index (κ3) is 4.12. The highest BCUT2D eigenvalue weighted by molar-refractivity contribution is 7.92. The first-order chi connectivity index (χ1) is 12.8. The van der Waals surface area contributed by atoms with E-state index in [9.17, 15) is 13.2 Å². The molecule has 1 aromatic heterocycles. The molecule has 138 valence electrons. The number of sulfonamides is 1. The smallest absolute Gasteiger partial charge is 0.335 e. The lowest BCUT2D eigenvalue weighted by molar-refractivity contribution is 0.0696. The molecule has 0 aliphatic carbocycles. The first-order valence-electron chi connectivity index (χ1n) is 8.03. The summed E-state index contributed by atoms with van der Waals surface area (Å²) >= 11 is 0. The second-order valence-corrected chi connectivity index (χ2v) is 7.61. The van der Waals surface area contributed by atoms with Gasteiger partial charge in [-0.15, -0.1) is 0 Å². The van der Waals surface area contributed by atoms with Crippen LogP contribution in [0.15, 0.2) is 59.6 Å². The van der Waals surface area contributed by atoms with Gasteiger partial charge in [0.1, 0.15) is 5.82 Å². The summed E-state index contributed by atoms with van der Waals surface area (Å²) in [4.78, 5) is 19.5. The van der Waals surface area contributed by atoms with Crippen molar-refractivity contribution in [3.8, 4) is 11.3 Å². The Balaban J connectivity index is 1.96.